The van der Waals surface area contributed by atoms with Gasteiger partial charge in [0.25, 0.3) is 0 Å². The van der Waals surface area contributed by atoms with E-state index in [0.717, 1.165) is 0 Å². The summed E-state index contributed by atoms with van der Waals surface area (Å²) in [5.41, 5.74) is 0. The Bertz CT molecular complexity index is 171. The van der Waals surface area contributed by atoms with Crippen molar-refractivity contribution in [2.24, 2.45) is 0 Å². The molecule has 0 spiro atoms. The van der Waals surface area contributed by atoms with Crippen LogP contribution in [0.15, 0.2) is 24.3 Å². The number of benzene rings is 1. The van der Waals surface area contributed by atoms with Crippen molar-refractivity contribution in [2.75, 3.05) is 0 Å². The van der Waals surface area contributed by atoms with Gasteiger partial charge in [-0.3, -0.25) is 0 Å². The summed E-state index contributed by atoms with van der Waals surface area (Å²) in [6.07, 6.45) is 0. The SMILES string of the molecule is Oc1cccc(O)c1.[K]. The van der Waals surface area contributed by atoms with Crippen molar-refractivity contribution in [1.82, 2.24) is 0 Å². The minimum atomic E-state index is 0. The maximum atomic E-state index is 8.65. The van der Waals surface area contributed by atoms with E-state index in [1.165, 1.54) is 18.2 Å². The Balaban J connectivity index is 0.000000640. The van der Waals surface area contributed by atoms with Crippen molar-refractivity contribution in [3.8, 4) is 11.5 Å². The molecule has 0 fully saturated rings. The molecule has 0 saturated carbocycles. The molecule has 0 unspecified atom stereocenters. The quantitative estimate of drug-likeness (QED) is 0.533. The maximum absolute atomic E-state index is 8.65. The van der Waals surface area contributed by atoms with Crippen LogP contribution < -0.4 is 0 Å². The molecule has 0 aliphatic heterocycles. The second-order valence-electron chi connectivity index (χ2n) is 1.52. The molecular weight excluding hydrogens is 143 g/mol. The first-order chi connectivity index (χ1) is 3.79. The Kier molecular flexibility index (Phi) is 4.52. The molecule has 0 amide bonds. The van der Waals surface area contributed by atoms with E-state index in [1.54, 1.807) is 6.07 Å². The molecule has 0 bridgehead atoms. The van der Waals surface area contributed by atoms with Crippen molar-refractivity contribution in [1.29, 1.82) is 0 Å². The molecule has 0 heterocycles. The second-order valence-corrected chi connectivity index (χ2v) is 1.52. The van der Waals surface area contributed by atoms with Gasteiger partial charge in [0.2, 0.25) is 0 Å². The number of rotatable bonds is 0. The second kappa shape index (κ2) is 4.30. The van der Waals surface area contributed by atoms with Gasteiger partial charge in [0.05, 0.1) is 0 Å². The molecule has 9 heavy (non-hydrogen) atoms. The minimum Gasteiger partial charge on any atom is -0.508 e. The van der Waals surface area contributed by atoms with Gasteiger partial charge in [-0.25, -0.2) is 0 Å². The number of phenols is 2. The van der Waals surface area contributed by atoms with E-state index < -0.39 is 0 Å². The summed E-state index contributed by atoms with van der Waals surface area (Å²) in [6, 6.07) is 5.85. The molecular formula is C6H6KO2. The fourth-order valence-electron chi connectivity index (χ4n) is 0.493. The van der Waals surface area contributed by atoms with Crippen LogP contribution in [0.5, 0.6) is 11.5 Å². The molecule has 1 radical (unpaired) electrons. The average Bonchev–Trinajstić information content (AvgIpc) is 1.64. The standard InChI is InChI=1S/C6H6O2.K/c7-5-2-1-3-6(8)4-5;/h1-4,7-8H;. The third kappa shape index (κ3) is 3.22. The Morgan fingerprint density at radius 2 is 1.44 bits per heavy atom. The number of phenolic OH excluding ortho intramolecular Hbond substituents is 2. The first-order valence-electron chi connectivity index (χ1n) is 2.27. The molecule has 1 rings (SSSR count). The third-order valence-electron chi connectivity index (χ3n) is 0.830. The smallest absolute Gasteiger partial charge is 0.119 e. The largest absolute Gasteiger partial charge is 0.508 e. The van der Waals surface area contributed by atoms with E-state index in [4.69, 9.17) is 10.2 Å². The molecule has 0 aliphatic rings. The van der Waals surface area contributed by atoms with Crippen molar-refractivity contribution in [3.05, 3.63) is 24.3 Å². The summed E-state index contributed by atoms with van der Waals surface area (Å²) in [7, 11) is 0. The van der Waals surface area contributed by atoms with Gasteiger partial charge in [-0.2, -0.15) is 0 Å². The van der Waals surface area contributed by atoms with Crippen LogP contribution in [-0.2, 0) is 0 Å². The van der Waals surface area contributed by atoms with E-state index in [2.05, 4.69) is 0 Å². The first kappa shape index (κ1) is 9.46. The zero-order valence-electron chi connectivity index (χ0n) is 5.20. The predicted octanol–water partition coefficient (Wildman–Crippen LogP) is 0.717. The molecule has 1 aromatic carbocycles. The molecule has 3 heteroatoms. The van der Waals surface area contributed by atoms with Crippen molar-refractivity contribution in [2.45, 2.75) is 0 Å². The van der Waals surface area contributed by atoms with E-state index >= 15 is 0 Å². The first-order valence-corrected chi connectivity index (χ1v) is 2.27. The normalized spacial score (nSPS) is 8.00. The van der Waals surface area contributed by atoms with Crippen molar-refractivity contribution in [3.63, 3.8) is 0 Å². The molecule has 0 aromatic heterocycles. The van der Waals surface area contributed by atoms with Gasteiger partial charge < -0.3 is 10.2 Å². The molecule has 2 nitrogen and oxygen atoms in total. The Labute approximate surface area is 95.9 Å². The molecule has 0 aliphatic carbocycles. The summed E-state index contributed by atoms with van der Waals surface area (Å²) >= 11 is 0. The van der Waals surface area contributed by atoms with E-state index in [-0.39, 0.29) is 62.9 Å². The van der Waals surface area contributed by atoms with E-state index in [9.17, 15) is 0 Å². The molecule has 43 valence electrons. The van der Waals surface area contributed by atoms with Crippen molar-refractivity contribution >= 4 is 51.4 Å². The molecule has 0 saturated heterocycles. The van der Waals surface area contributed by atoms with Gasteiger partial charge in [-0.15, -0.1) is 0 Å². The van der Waals surface area contributed by atoms with Crippen LogP contribution in [0.1, 0.15) is 0 Å². The van der Waals surface area contributed by atoms with Crippen LogP contribution in [0.4, 0.5) is 0 Å². The van der Waals surface area contributed by atoms with E-state index in [1.807, 2.05) is 0 Å². The zero-order valence-corrected chi connectivity index (χ0v) is 8.33. The van der Waals surface area contributed by atoms with Crippen LogP contribution in [0.25, 0.3) is 0 Å². The van der Waals surface area contributed by atoms with Gasteiger partial charge in [0.15, 0.2) is 0 Å². The summed E-state index contributed by atoms with van der Waals surface area (Å²) in [6.45, 7) is 0. The van der Waals surface area contributed by atoms with Gasteiger partial charge in [-0.05, 0) is 12.1 Å². The van der Waals surface area contributed by atoms with Crippen LogP contribution >= 0.6 is 0 Å². The average molecular weight is 149 g/mol. The summed E-state index contributed by atoms with van der Waals surface area (Å²) in [4.78, 5) is 0. The minimum absolute atomic E-state index is 0. The topological polar surface area (TPSA) is 40.5 Å². The van der Waals surface area contributed by atoms with Gasteiger partial charge in [-0.1, -0.05) is 6.07 Å². The Morgan fingerprint density at radius 3 is 1.67 bits per heavy atom. The molecule has 0 atom stereocenters. The maximum Gasteiger partial charge on any atom is 0.119 e. The number of aromatic hydroxyl groups is 2. The van der Waals surface area contributed by atoms with Crippen LogP contribution in [0.2, 0.25) is 0 Å². The van der Waals surface area contributed by atoms with E-state index in [0.29, 0.717) is 0 Å². The Morgan fingerprint density at radius 1 is 1.00 bits per heavy atom. The third-order valence-corrected chi connectivity index (χ3v) is 0.830. The monoisotopic (exact) mass is 149 g/mol. The summed E-state index contributed by atoms with van der Waals surface area (Å²) < 4.78 is 0. The number of hydrogen-bond acceptors (Lipinski definition) is 2. The van der Waals surface area contributed by atoms with Crippen LogP contribution in [0, 0.1) is 0 Å². The Hall–Kier alpha value is 0.456. The summed E-state index contributed by atoms with van der Waals surface area (Å²) in [5, 5.41) is 17.3. The van der Waals surface area contributed by atoms with Gasteiger partial charge in [0, 0.05) is 57.5 Å². The zero-order chi connectivity index (χ0) is 5.98. The number of hydrogen-bond donors (Lipinski definition) is 2. The molecule has 2 N–H and O–H groups in total. The van der Waals surface area contributed by atoms with Crippen LogP contribution in [0.3, 0.4) is 0 Å². The van der Waals surface area contributed by atoms with Gasteiger partial charge >= 0.3 is 0 Å². The summed E-state index contributed by atoms with van der Waals surface area (Å²) in [5.74, 6) is 0.176. The fraction of sp³-hybridized carbons (Fsp3) is 0. The predicted molar refractivity (Wildman–Crippen MR) is 35.5 cm³/mol. The van der Waals surface area contributed by atoms with Crippen LogP contribution in [-0.4, -0.2) is 61.6 Å². The van der Waals surface area contributed by atoms with Gasteiger partial charge in [0.1, 0.15) is 11.5 Å². The van der Waals surface area contributed by atoms with Crippen molar-refractivity contribution < 1.29 is 10.2 Å². The fourth-order valence-corrected chi connectivity index (χ4v) is 0.493. The molecule has 1 aromatic rings.